The molecule has 0 amide bonds. The Kier molecular flexibility index (Phi) is 6.18. The highest BCUT2D eigenvalue weighted by Crippen LogP contribution is 2.36. The number of aryl methyl sites for hydroxylation is 1. The van der Waals surface area contributed by atoms with Crippen molar-refractivity contribution in [1.82, 2.24) is 24.5 Å². The number of nitrogens with one attached hydrogen (secondary N) is 1. The zero-order valence-corrected chi connectivity index (χ0v) is 20.0. The molecule has 34 heavy (non-hydrogen) atoms. The second kappa shape index (κ2) is 9.41. The van der Waals surface area contributed by atoms with Crippen molar-refractivity contribution in [1.29, 1.82) is 5.26 Å². The van der Waals surface area contributed by atoms with Gasteiger partial charge in [0.05, 0.1) is 17.2 Å². The molecule has 4 heterocycles. The Balaban J connectivity index is 1.61. The fourth-order valence-electron chi connectivity index (χ4n) is 4.59. The monoisotopic (exact) mass is 471 g/mol. The van der Waals surface area contributed by atoms with Crippen LogP contribution in [0, 0.1) is 18.3 Å². The van der Waals surface area contributed by atoms with Gasteiger partial charge in [0.25, 0.3) is 0 Å². The quantitative estimate of drug-likeness (QED) is 0.403. The number of nitriles is 1. The van der Waals surface area contributed by atoms with Gasteiger partial charge in [0, 0.05) is 36.6 Å². The lowest BCUT2D eigenvalue weighted by Gasteiger charge is -2.31. The molecule has 172 valence electrons. The van der Waals surface area contributed by atoms with Crippen LogP contribution in [0.5, 0.6) is 0 Å². The number of hydrogen-bond acceptors (Lipinski definition) is 6. The maximum absolute atomic E-state index is 9.41. The first-order valence-electron chi connectivity index (χ1n) is 11.6. The third-order valence-corrected chi connectivity index (χ3v) is 6.54. The smallest absolute Gasteiger partial charge is 0.165 e. The first-order valence-corrected chi connectivity index (χ1v) is 11.9. The molecule has 0 bridgehead atoms. The van der Waals surface area contributed by atoms with Gasteiger partial charge in [-0.2, -0.15) is 10.4 Å². The zero-order chi connectivity index (χ0) is 23.7. The number of piperidine rings is 1. The molecule has 1 aromatic carbocycles. The van der Waals surface area contributed by atoms with E-state index in [9.17, 15) is 5.26 Å². The van der Waals surface area contributed by atoms with E-state index in [-0.39, 0.29) is 0 Å². The van der Waals surface area contributed by atoms with Crippen LogP contribution in [0.15, 0.2) is 48.7 Å². The summed E-state index contributed by atoms with van der Waals surface area (Å²) in [6.45, 7) is 7.42. The fourth-order valence-corrected chi connectivity index (χ4v) is 4.84. The summed E-state index contributed by atoms with van der Waals surface area (Å²) in [5, 5.41) is 18.3. The number of anilines is 1. The van der Waals surface area contributed by atoms with Crippen molar-refractivity contribution in [2.75, 3.05) is 25.0 Å². The fraction of sp³-hybridized carbons (Fsp3) is 0.308. The Bertz CT molecular complexity index is 1360. The predicted octanol–water partition coefficient (Wildman–Crippen LogP) is 5.19. The van der Waals surface area contributed by atoms with Gasteiger partial charge in [-0.1, -0.05) is 30.7 Å². The van der Waals surface area contributed by atoms with Crippen LogP contribution >= 0.6 is 11.6 Å². The second-order valence-corrected chi connectivity index (χ2v) is 9.06. The molecule has 0 radical (unpaired) electrons. The van der Waals surface area contributed by atoms with E-state index < -0.39 is 0 Å². The Labute approximate surface area is 204 Å². The number of fused-ring (bicyclic) bond motifs is 1. The van der Waals surface area contributed by atoms with Crippen molar-refractivity contribution < 1.29 is 0 Å². The molecule has 0 aliphatic carbocycles. The molecule has 1 saturated heterocycles. The van der Waals surface area contributed by atoms with Gasteiger partial charge in [-0.05, 0) is 62.2 Å². The van der Waals surface area contributed by atoms with Crippen molar-refractivity contribution in [2.24, 2.45) is 0 Å². The van der Waals surface area contributed by atoms with Crippen LogP contribution in [0.2, 0.25) is 5.15 Å². The minimum Gasteiger partial charge on any atom is -0.367 e. The molecule has 0 saturated carbocycles. The first kappa shape index (κ1) is 22.3. The Morgan fingerprint density at radius 2 is 1.94 bits per heavy atom. The average molecular weight is 472 g/mol. The molecule has 7 nitrogen and oxygen atoms in total. The summed E-state index contributed by atoms with van der Waals surface area (Å²) in [5.74, 6) is 0.831. The van der Waals surface area contributed by atoms with Gasteiger partial charge < -0.3 is 10.2 Å². The lowest BCUT2D eigenvalue weighted by molar-refractivity contribution is 0.229. The second-order valence-electron chi connectivity index (χ2n) is 8.67. The minimum atomic E-state index is 0.397. The topological polar surface area (TPSA) is 82.1 Å². The number of aromatic nitrogens is 4. The molecule has 1 fully saturated rings. The van der Waals surface area contributed by atoms with Crippen molar-refractivity contribution >= 4 is 23.1 Å². The summed E-state index contributed by atoms with van der Waals surface area (Å²) in [4.78, 5) is 11.8. The van der Waals surface area contributed by atoms with Crippen molar-refractivity contribution in [3.05, 3.63) is 65.1 Å². The van der Waals surface area contributed by atoms with Gasteiger partial charge in [-0.15, -0.1) is 0 Å². The predicted molar refractivity (Wildman–Crippen MR) is 135 cm³/mol. The molecule has 5 rings (SSSR count). The largest absolute Gasteiger partial charge is 0.367 e. The highest BCUT2D eigenvalue weighted by Gasteiger charge is 2.21. The molecule has 8 heteroatoms. The van der Waals surface area contributed by atoms with Crippen molar-refractivity contribution in [2.45, 2.75) is 32.7 Å². The average Bonchev–Trinajstić information content (AvgIpc) is 3.23. The van der Waals surface area contributed by atoms with E-state index in [1.807, 2.05) is 49.5 Å². The number of pyridine rings is 1. The summed E-state index contributed by atoms with van der Waals surface area (Å²) in [6, 6.07) is 15.9. The van der Waals surface area contributed by atoms with Crippen LogP contribution in [0.1, 0.15) is 31.0 Å². The zero-order valence-electron chi connectivity index (χ0n) is 19.3. The van der Waals surface area contributed by atoms with E-state index in [1.54, 1.807) is 10.6 Å². The summed E-state index contributed by atoms with van der Waals surface area (Å²) < 4.78 is 1.79. The third-order valence-electron chi connectivity index (χ3n) is 6.35. The normalized spacial score (nSPS) is 14.9. The first-order chi connectivity index (χ1) is 16.5. The van der Waals surface area contributed by atoms with Gasteiger partial charge >= 0.3 is 0 Å². The Morgan fingerprint density at radius 1 is 1.12 bits per heavy atom. The summed E-state index contributed by atoms with van der Waals surface area (Å²) in [5.41, 5.74) is 5.49. The van der Waals surface area contributed by atoms with E-state index in [1.165, 1.54) is 0 Å². The van der Waals surface area contributed by atoms with Crippen LogP contribution < -0.4 is 5.32 Å². The molecule has 0 atom stereocenters. The summed E-state index contributed by atoms with van der Waals surface area (Å²) in [6.07, 6.45) is 4.12. The van der Waals surface area contributed by atoms with Gasteiger partial charge in [0.2, 0.25) is 0 Å². The molecular weight excluding hydrogens is 446 g/mol. The van der Waals surface area contributed by atoms with Crippen LogP contribution in [-0.2, 0) is 0 Å². The van der Waals surface area contributed by atoms with Gasteiger partial charge in [-0.25, -0.2) is 14.5 Å². The SMILES string of the molecule is CCN1CCC(Nc2ccn3nc(-c4cccc(C#N)c4)c(-c4cc(C)nc(Cl)c4)c3n2)CC1. The maximum atomic E-state index is 9.41. The van der Waals surface area contributed by atoms with E-state index >= 15 is 0 Å². The Hall–Kier alpha value is -3.47. The van der Waals surface area contributed by atoms with Crippen molar-refractivity contribution in [3.63, 3.8) is 0 Å². The Morgan fingerprint density at radius 3 is 2.68 bits per heavy atom. The van der Waals surface area contributed by atoms with Gasteiger partial charge in [-0.3, -0.25) is 0 Å². The number of nitrogens with zero attached hydrogens (tertiary/aromatic N) is 6. The lowest BCUT2D eigenvalue weighted by Crippen LogP contribution is -2.39. The number of likely N-dealkylation sites (tertiary alicyclic amines) is 1. The van der Waals surface area contributed by atoms with E-state index in [2.05, 4.69) is 28.2 Å². The molecule has 1 N–H and O–H groups in total. The van der Waals surface area contributed by atoms with Crippen LogP contribution in [0.3, 0.4) is 0 Å². The lowest BCUT2D eigenvalue weighted by atomic mass is 10.00. The molecule has 1 aliphatic rings. The van der Waals surface area contributed by atoms with Crippen LogP contribution in [0.25, 0.3) is 28.0 Å². The molecule has 0 unspecified atom stereocenters. The highest BCUT2D eigenvalue weighted by atomic mass is 35.5. The van der Waals surface area contributed by atoms with Crippen molar-refractivity contribution in [3.8, 4) is 28.5 Å². The minimum absolute atomic E-state index is 0.397. The molecule has 3 aromatic heterocycles. The molecule has 4 aromatic rings. The van der Waals surface area contributed by atoms with Gasteiger partial charge in [0.1, 0.15) is 16.7 Å². The maximum Gasteiger partial charge on any atom is 0.165 e. The van der Waals surface area contributed by atoms with Crippen LogP contribution in [-0.4, -0.2) is 50.2 Å². The molecule has 0 spiro atoms. The third kappa shape index (κ3) is 4.47. The van der Waals surface area contributed by atoms with E-state index in [0.717, 1.165) is 72.0 Å². The molecular formula is C26H26ClN7. The number of benzene rings is 1. The highest BCUT2D eigenvalue weighted by molar-refractivity contribution is 6.29. The number of hydrogen-bond donors (Lipinski definition) is 1. The number of halogens is 1. The van der Waals surface area contributed by atoms with E-state index in [0.29, 0.717) is 16.8 Å². The summed E-state index contributed by atoms with van der Waals surface area (Å²) in [7, 11) is 0. The number of rotatable bonds is 5. The summed E-state index contributed by atoms with van der Waals surface area (Å²) >= 11 is 6.33. The van der Waals surface area contributed by atoms with Gasteiger partial charge in [0.15, 0.2) is 5.65 Å². The standard InChI is InChI=1S/C26H26ClN7/c1-3-33-10-7-21(8-11-33)30-23-9-12-34-26(31-23)24(20-13-17(2)29-22(27)15-20)25(32-34)19-6-4-5-18(14-19)16-28/h4-6,9,12-15,21H,3,7-8,10-11H2,1-2H3,(H,30,31). The van der Waals surface area contributed by atoms with Crippen LogP contribution in [0.4, 0.5) is 5.82 Å². The van der Waals surface area contributed by atoms with E-state index in [4.69, 9.17) is 21.7 Å². The molecule has 1 aliphatic heterocycles.